The second kappa shape index (κ2) is 7.08. The van der Waals surface area contributed by atoms with Crippen LogP contribution in [0.5, 0.6) is 5.75 Å². The molecule has 2 N–H and O–H groups in total. The molecule has 0 spiro atoms. The van der Waals surface area contributed by atoms with Gasteiger partial charge < -0.3 is 10.5 Å². The first kappa shape index (κ1) is 16.2. The Labute approximate surface area is 123 Å². The summed E-state index contributed by atoms with van der Waals surface area (Å²) in [5, 5.41) is 3.62. The Kier molecular flexibility index (Phi) is 5.74. The fourth-order valence-corrected chi connectivity index (χ4v) is 1.02. The van der Waals surface area contributed by atoms with Crippen molar-refractivity contribution >= 4 is 41.7 Å². The third-order valence-electron chi connectivity index (χ3n) is 1.70. The predicted octanol–water partition coefficient (Wildman–Crippen LogP) is 1.62. The Hall–Kier alpha value is -1.84. The summed E-state index contributed by atoms with van der Waals surface area (Å²) < 4.78 is 24.2. The number of para-hydroxylation sites is 1. The summed E-state index contributed by atoms with van der Waals surface area (Å²) >= 11 is 0. The molecule has 0 saturated carbocycles. The molecule has 0 aliphatic carbocycles. The normalized spacial score (nSPS) is 10.3. The molecule has 2 aromatic rings. The number of nitrogens with zero attached hydrogens (tertiary/aromatic N) is 3. The number of anilines is 1. The van der Waals surface area contributed by atoms with E-state index in [2.05, 4.69) is 31.4 Å². The maximum absolute atomic E-state index is 11.5. The number of rotatable bonds is 1. The summed E-state index contributed by atoms with van der Waals surface area (Å²) in [6.45, 7) is 0. The molecule has 0 bridgehead atoms. The number of hydrogen-bond donors (Lipinski definition) is 1. The monoisotopic (exact) mass is 338 g/mol. The molecule has 20 heavy (non-hydrogen) atoms. The Morgan fingerprint density at radius 3 is 2.25 bits per heavy atom. The van der Waals surface area contributed by atoms with Gasteiger partial charge in [-0.05, 0) is 12.1 Å². The summed E-state index contributed by atoms with van der Waals surface area (Å²) in [7, 11) is 4.81. The molecule has 0 unspecified atom stereocenters. The van der Waals surface area contributed by atoms with Gasteiger partial charge >= 0.3 is 14.4 Å². The van der Waals surface area contributed by atoms with Gasteiger partial charge in [0, 0.05) is 21.4 Å². The maximum atomic E-state index is 11.5. The minimum Gasteiger partial charge on any atom is -0.409 e. The van der Waals surface area contributed by atoms with Gasteiger partial charge in [0.2, 0.25) is 5.95 Å². The van der Waals surface area contributed by atoms with E-state index in [1.165, 1.54) is 6.33 Å². The number of aromatic nitrogens is 3. The quantitative estimate of drug-likeness (QED) is 0.784. The SMILES string of the molecule is Nc1ncnn1C(=O)Oc1ccccc1.O=S(=O)(Cl)Cl. The zero-order valence-corrected chi connectivity index (χ0v) is 12.0. The van der Waals surface area contributed by atoms with E-state index in [4.69, 9.17) is 18.9 Å². The van der Waals surface area contributed by atoms with Gasteiger partial charge in [-0.25, -0.2) is 4.79 Å². The van der Waals surface area contributed by atoms with E-state index in [9.17, 15) is 4.79 Å². The minimum absolute atomic E-state index is 0.00377. The highest BCUT2D eigenvalue weighted by atomic mass is 36.0. The van der Waals surface area contributed by atoms with Gasteiger partial charge in [-0.1, -0.05) is 18.2 Å². The van der Waals surface area contributed by atoms with E-state index < -0.39 is 14.4 Å². The zero-order chi connectivity index (χ0) is 15.2. The first-order valence-corrected chi connectivity index (χ1v) is 7.98. The van der Waals surface area contributed by atoms with Gasteiger partial charge in [0.25, 0.3) is 0 Å². The van der Waals surface area contributed by atoms with E-state index >= 15 is 0 Å². The van der Waals surface area contributed by atoms with Gasteiger partial charge in [0.15, 0.2) is 0 Å². The predicted molar refractivity (Wildman–Crippen MR) is 72.9 cm³/mol. The number of carbonyl (C=O) groups excluding carboxylic acids is 1. The molecule has 0 saturated heterocycles. The van der Waals surface area contributed by atoms with Gasteiger partial charge in [0.05, 0.1) is 0 Å². The Bertz CT molecular complexity index is 666. The number of benzene rings is 1. The van der Waals surface area contributed by atoms with Crippen LogP contribution in [0.25, 0.3) is 0 Å². The first-order chi connectivity index (χ1) is 9.27. The van der Waals surface area contributed by atoms with Gasteiger partial charge in [0.1, 0.15) is 12.1 Å². The molecule has 0 radical (unpaired) electrons. The molecule has 11 heteroatoms. The van der Waals surface area contributed by atoms with Gasteiger partial charge in [-0.3, -0.25) is 0 Å². The summed E-state index contributed by atoms with van der Waals surface area (Å²) in [5.74, 6) is 0.424. The summed E-state index contributed by atoms with van der Waals surface area (Å²) in [4.78, 5) is 15.1. The standard InChI is InChI=1S/C9H8N4O2.Cl2O2S/c10-8-11-6-12-13(8)9(14)15-7-4-2-1-3-5-7;1-5(2,3)4/h1-6H,(H2,10,11,12);. The lowest BCUT2D eigenvalue weighted by Gasteiger charge is -2.03. The number of carbonyl (C=O) groups is 1. The van der Waals surface area contributed by atoms with Crippen molar-refractivity contribution in [2.75, 3.05) is 5.73 Å². The largest absolute Gasteiger partial charge is 0.443 e. The number of nitrogen functional groups attached to an aromatic ring is 1. The van der Waals surface area contributed by atoms with E-state index in [0.29, 0.717) is 5.75 Å². The maximum Gasteiger partial charge on any atom is 0.443 e. The number of nitrogens with two attached hydrogens (primary N) is 1. The van der Waals surface area contributed by atoms with Crippen LogP contribution in [0, 0.1) is 0 Å². The lowest BCUT2D eigenvalue weighted by molar-refractivity contribution is 0.199. The van der Waals surface area contributed by atoms with Crippen molar-refractivity contribution in [3.05, 3.63) is 36.7 Å². The molecular formula is C9H8Cl2N4O4S. The molecule has 1 aromatic carbocycles. The van der Waals surface area contributed by atoms with E-state index in [-0.39, 0.29) is 5.95 Å². The van der Waals surface area contributed by atoms with Crippen LogP contribution in [0.1, 0.15) is 0 Å². The number of ether oxygens (including phenoxy) is 1. The van der Waals surface area contributed by atoms with Crippen molar-refractivity contribution in [3.8, 4) is 5.75 Å². The average molecular weight is 339 g/mol. The van der Waals surface area contributed by atoms with Crippen LogP contribution >= 0.6 is 21.4 Å². The molecule has 2 rings (SSSR count). The summed E-state index contributed by atoms with van der Waals surface area (Å²) in [5.41, 5.74) is 5.38. The van der Waals surface area contributed by atoms with E-state index in [0.717, 1.165) is 4.68 Å². The fraction of sp³-hybridized carbons (Fsp3) is 0. The van der Waals surface area contributed by atoms with Crippen LogP contribution < -0.4 is 10.5 Å². The highest BCUT2D eigenvalue weighted by Gasteiger charge is 2.11. The van der Waals surface area contributed by atoms with Crippen molar-refractivity contribution < 1.29 is 17.9 Å². The van der Waals surface area contributed by atoms with Gasteiger partial charge in [-0.15, -0.1) is 9.78 Å². The Balaban J connectivity index is 0.000000347. The highest BCUT2D eigenvalue weighted by Crippen LogP contribution is 2.09. The minimum atomic E-state index is -3.72. The lowest BCUT2D eigenvalue weighted by atomic mass is 10.3. The molecule has 108 valence electrons. The molecule has 1 aromatic heterocycles. The molecule has 0 aliphatic rings. The van der Waals surface area contributed by atoms with Crippen molar-refractivity contribution in [1.29, 1.82) is 0 Å². The topological polar surface area (TPSA) is 117 Å². The Morgan fingerprint density at radius 2 is 1.80 bits per heavy atom. The number of hydrogen-bond acceptors (Lipinski definition) is 7. The molecule has 0 aliphatic heterocycles. The highest BCUT2D eigenvalue weighted by molar-refractivity contribution is 8.31. The molecule has 0 fully saturated rings. The smallest absolute Gasteiger partial charge is 0.409 e. The average Bonchev–Trinajstić information content (AvgIpc) is 2.74. The fourth-order valence-electron chi connectivity index (χ4n) is 1.02. The molecule has 8 nitrogen and oxygen atoms in total. The van der Waals surface area contributed by atoms with Crippen LogP contribution in [0.3, 0.4) is 0 Å². The van der Waals surface area contributed by atoms with Crippen LogP contribution in [-0.4, -0.2) is 29.3 Å². The summed E-state index contributed by atoms with van der Waals surface area (Å²) in [6.07, 6.45) is 0.498. The first-order valence-electron chi connectivity index (χ1n) is 4.84. The third kappa shape index (κ3) is 6.36. The van der Waals surface area contributed by atoms with Crippen molar-refractivity contribution in [3.63, 3.8) is 0 Å². The number of halogens is 2. The summed E-state index contributed by atoms with van der Waals surface area (Å²) in [6, 6.07) is 8.65. The molecule has 0 atom stereocenters. The second-order valence-electron chi connectivity index (χ2n) is 3.09. The van der Waals surface area contributed by atoms with Crippen LogP contribution in [0.2, 0.25) is 0 Å². The molecular weight excluding hydrogens is 331 g/mol. The molecule has 1 heterocycles. The van der Waals surface area contributed by atoms with E-state index in [1.807, 2.05) is 6.07 Å². The van der Waals surface area contributed by atoms with Gasteiger partial charge in [-0.2, -0.15) is 13.4 Å². The van der Waals surface area contributed by atoms with Crippen LogP contribution in [0.4, 0.5) is 10.7 Å². The second-order valence-corrected chi connectivity index (χ2v) is 6.76. The van der Waals surface area contributed by atoms with Crippen LogP contribution in [0.15, 0.2) is 36.7 Å². The van der Waals surface area contributed by atoms with Crippen molar-refractivity contribution in [1.82, 2.24) is 14.8 Å². The van der Waals surface area contributed by atoms with Crippen molar-refractivity contribution in [2.45, 2.75) is 0 Å². The van der Waals surface area contributed by atoms with E-state index in [1.54, 1.807) is 24.3 Å². The Morgan fingerprint density at radius 1 is 1.25 bits per heavy atom. The van der Waals surface area contributed by atoms with Crippen molar-refractivity contribution in [2.24, 2.45) is 0 Å². The zero-order valence-electron chi connectivity index (χ0n) is 9.68. The lowest BCUT2D eigenvalue weighted by Crippen LogP contribution is -2.20. The van der Waals surface area contributed by atoms with Crippen LogP contribution in [-0.2, 0) is 8.26 Å². The third-order valence-corrected chi connectivity index (χ3v) is 1.70. The molecule has 0 amide bonds.